The van der Waals surface area contributed by atoms with E-state index >= 15 is 0 Å². The summed E-state index contributed by atoms with van der Waals surface area (Å²) in [6, 6.07) is 5.84. The molecule has 154 valence electrons. The van der Waals surface area contributed by atoms with Gasteiger partial charge in [0.25, 0.3) is 5.91 Å². The van der Waals surface area contributed by atoms with Crippen molar-refractivity contribution < 1.29 is 14.3 Å². The molecule has 1 saturated carbocycles. The first-order chi connectivity index (χ1) is 14.0. The molecule has 0 unspecified atom stereocenters. The number of carbonyl (C=O) groups is 2. The van der Waals surface area contributed by atoms with Gasteiger partial charge in [-0.25, -0.2) is 4.79 Å². The Balaban J connectivity index is 1.36. The maximum absolute atomic E-state index is 12.5. The molecule has 1 aliphatic carbocycles. The Morgan fingerprint density at radius 2 is 2.07 bits per heavy atom. The van der Waals surface area contributed by atoms with E-state index in [0.29, 0.717) is 38.4 Å². The average molecular weight is 397 g/mol. The molecule has 4 rings (SSSR count). The van der Waals surface area contributed by atoms with E-state index < -0.39 is 0 Å². The van der Waals surface area contributed by atoms with E-state index in [-0.39, 0.29) is 18.0 Å². The van der Waals surface area contributed by atoms with Crippen LogP contribution in [0.25, 0.3) is 0 Å². The topological polar surface area (TPSA) is 97.3 Å². The number of hydrogen-bond acceptors (Lipinski definition) is 4. The number of fused-ring (bicyclic) bond motifs is 1. The molecule has 1 aromatic carbocycles. The van der Waals surface area contributed by atoms with Crippen molar-refractivity contribution in [3.63, 3.8) is 0 Å². The molecule has 0 atom stereocenters. The largest absolute Gasteiger partial charge is 0.376 e. The molecule has 8 heteroatoms. The Labute approximate surface area is 170 Å². The number of anilines is 1. The first-order valence-corrected chi connectivity index (χ1v) is 10.1. The van der Waals surface area contributed by atoms with Crippen molar-refractivity contribution in [3.8, 4) is 0 Å². The number of nitrogens with one attached hydrogen (secondary N) is 3. The average Bonchev–Trinajstić information content (AvgIpc) is 3.44. The van der Waals surface area contributed by atoms with Gasteiger partial charge in [-0.15, -0.1) is 0 Å². The van der Waals surface area contributed by atoms with Gasteiger partial charge in [-0.3, -0.25) is 9.48 Å². The molecule has 8 nitrogen and oxygen atoms in total. The quantitative estimate of drug-likeness (QED) is 0.697. The number of amides is 3. The third-order valence-electron chi connectivity index (χ3n) is 5.40. The molecule has 0 saturated heterocycles. The first-order valence-electron chi connectivity index (χ1n) is 10.1. The maximum atomic E-state index is 12.5. The van der Waals surface area contributed by atoms with Gasteiger partial charge in [0.1, 0.15) is 0 Å². The lowest BCUT2D eigenvalue weighted by Gasteiger charge is -2.15. The van der Waals surface area contributed by atoms with Crippen LogP contribution in [0.15, 0.2) is 18.2 Å². The highest BCUT2D eigenvalue weighted by atomic mass is 16.5. The lowest BCUT2D eigenvalue weighted by atomic mass is 10.1. The molecule has 2 aromatic rings. The normalized spacial score (nSPS) is 15.5. The number of ether oxygens (including phenoxy) is 1. The monoisotopic (exact) mass is 397 g/mol. The Kier molecular flexibility index (Phi) is 5.53. The van der Waals surface area contributed by atoms with Gasteiger partial charge in [0, 0.05) is 36.0 Å². The van der Waals surface area contributed by atoms with Crippen LogP contribution < -0.4 is 16.0 Å². The number of carbonyl (C=O) groups excluding carboxylic acids is 2. The van der Waals surface area contributed by atoms with Crippen LogP contribution in [0.4, 0.5) is 10.5 Å². The highest BCUT2D eigenvalue weighted by molar-refractivity contribution is 5.94. The van der Waals surface area contributed by atoms with Crippen molar-refractivity contribution in [2.75, 3.05) is 18.5 Å². The van der Waals surface area contributed by atoms with Gasteiger partial charge in [-0.2, -0.15) is 5.10 Å². The molecule has 0 spiro atoms. The molecule has 2 heterocycles. The van der Waals surface area contributed by atoms with Gasteiger partial charge in [0.2, 0.25) is 0 Å². The van der Waals surface area contributed by atoms with Crippen LogP contribution >= 0.6 is 0 Å². The van der Waals surface area contributed by atoms with Crippen molar-refractivity contribution in [1.82, 2.24) is 20.4 Å². The van der Waals surface area contributed by atoms with Crippen molar-refractivity contribution in [3.05, 3.63) is 46.3 Å². The molecule has 29 heavy (non-hydrogen) atoms. The fourth-order valence-corrected chi connectivity index (χ4v) is 3.43. The minimum absolute atomic E-state index is 0.131. The highest BCUT2D eigenvalue weighted by Gasteiger charge is 2.29. The lowest BCUT2D eigenvalue weighted by molar-refractivity contribution is 0.0922. The zero-order chi connectivity index (χ0) is 20.4. The van der Waals surface area contributed by atoms with Crippen LogP contribution in [0.2, 0.25) is 0 Å². The zero-order valence-corrected chi connectivity index (χ0v) is 16.9. The summed E-state index contributed by atoms with van der Waals surface area (Å²) in [7, 11) is 0. The Morgan fingerprint density at radius 1 is 1.24 bits per heavy atom. The van der Waals surface area contributed by atoms with Crippen molar-refractivity contribution in [2.45, 2.75) is 52.3 Å². The molecule has 3 amide bonds. The zero-order valence-electron chi connectivity index (χ0n) is 16.9. The van der Waals surface area contributed by atoms with Gasteiger partial charge in [-0.05, 0) is 49.9 Å². The number of hydrogen-bond donors (Lipinski definition) is 3. The van der Waals surface area contributed by atoms with Crippen molar-refractivity contribution >= 4 is 17.6 Å². The van der Waals surface area contributed by atoms with Crippen LogP contribution in [0.1, 0.15) is 45.7 Å². The molecule has 0 bridgehead atoms. The van der Waals surface area contributed by atoms with Crippen LogP contribution in [0.3, 0.4) is 0 Å². The van der Waals surface area contributed by atoms with E-state index in [1.165, 1.54) is 5.56 Å². The molecule has 1 aliphatic heterocycles. The first kappa shape index (κ1) is 19.4. The molecule has 2 aliphatic rings. The van der Waals surface area contributed by atoms with Crippen molar-refractivity contribution in [1.29, 1.82) is 0 Å². The lowest BCUT2D eigenvalue weighted by Crippen LogP contribution is -2.32. The summed E-state index contributed by atoms with van der Waals surface area (Å²) >= 11 is 0. The summed E-state index contributed by atoms with van der Waals surface area (Å²) in [5, 5.41) is 13.2. The third kappa shape index (κ3) is 4.59. The summed E-state index contributed by atoms with van der Waals surface area (Å²) in [4.78, 5) is 24.7. The fraction of sp³-hybridized carbons (Fsp3) is 0.476. The molecular formula is C21H27N5O3. The van der Waals surface area contributed by atoms with E-state index in [1.54, 1.807) is 0 Å². The van der Waals surface area contributed by atoms with E-state index in [2.05, 4.69) is 21.0 Å². The van der Waals surface area contributed by atoms with Gasteiger partial charge < -0.3 is 20.7 Å². The van der Waals surface area contributed by atoms with E-state index in [9.17, 15) is 9.59 Å². The molecule has 0 radical (unpaired) electrons. The third-order valence-corrected chi connectivity index (χ3v) is 5.40. The maximum Gasteiger partial charge on any atom is 0.319 e. The Bertz CT molecular complexity index is 933. The number of aromatic nitrogens is 2. The number of benzene rings is 1. The standard InChI is InChI=1S/C21H27N5O3/c1-13-3-4-16(11-14(13)2)24-21(28)22-8-9-26-18-7-10-29-12-17(18)19(25-26)20(27)23-15-5-6-15/h3-4,11,15H,5-10,12H2,1-2H3,(H,23,27)(H2,22,24,28). The number of nitrogens with zero attached hydrogens (tertiary/aromatic N) is 2. The predicted molar refractivity (Wildman–Crippen MR) is 109 cm³/mol. The predicted octanol–water partition coefficient (Wildman–Crippen LogP) is 2.29. The minimum Gasteiger partial charge on any atom is -0.376 e. The van der Waals surface area contributed by atoms with E-state index in [0.717, 1.165) is 35.3 Å². The number of aryl methyl sites for hydroxylation is 2. The van der Waals surface area contributed by atoms with Gasteiger partial charge in [-0.1, -0.05) is 6.07 Å². The number of rotatable bonds is 6. The van der Waals surface area contributed by atoms with Gasteiger partial charge >= 0.3 is 6.03 Å². The molecule has 3 N–H and O–H groups in total. The van der Waals surface area contributed by atoms with Gasteiger partial charge in [0.15, 0.2) is 5.69 Å². The highest BCUT2D eigenvalue weighted by Crippen LogP contribution is 2.23. The SMILES string of the molecule is Cc1ccc(NC(=O)NCCn2nc(C(=O)NC3CC3)c3c2CCOC3)cc1C. The Morgan fingerprint density at radius 3 is 2.83 bits per heavy atom. The van der Waals surface area contributed by atoms with Crippen LogP contribution in [0.5, 0.6) is 0 Å². The summed E-state index contributed by atoms with van der Waals surface area (Å²) < 4.78 is 7.36. The second-order valence-electron chi connectivity index (χ2n) is 7.73. The smallest absolute Gasteiger partial charge is 0.319 e. The molecule has 1 fully saturated rings. The summed E-state index contributed by atoms with van der Waals surface area (Å²) in [6.45, 7) is 5.98. The second kappa shape index (κ2) is 8.24. The Hall–Kier alpha value is -2.87. The number of urea groups is 1. The van der Waals surface area contributed by atoms with Gasteiger partial charge in [0.05, 0.1) is 19.8 Å². The summed E-state index contributed by atoms with van der Waals surface area (Å²) in [6.07, 6.45) is 2.78. The van der Waals surface area contributed by atoms with Crippen LogP contribution in [-0.2, 0) is 24.3 Å². The van der Waals surface area contributed by atoms with E-state index in [1.807, 2.05) is 36.7 Å². The summed E-state index contributed by atoms with van der Waals surface area (Å²) in [5.74, 6) is -0.131. The van der Waals surface area contributed by atoms with Crippen LogP contribution in [0, 0.1) is 13.8 Å². The molecular weight excluding hydrogens is 370 g/mol. The minimum atomic E-state index is -0.260. The summed E-state index contributed by atoms with van der Waals surface area (Å²) in [5.41, 5.74) is 5.42. The molecule has 1 aromatic heterocycles. The van der Waals surface area contributed by atoms with Crippen molar-refractivity contribution in [2.24, 2.45) is 0 Å². The second-order valence-corrected chi connectivity index (χ2v) is 7.73. The van der Waals surface area contributed by atoms with Crippen LogP contribution in [-0.4, -0.2) is 40.9 Å². The fourth-order valence-electron chi connectivity index (χ4n) is 3.43. The van der Waals surface area contributed by atoms with E-state index in [4.69, 9.17) is 4.74 Å².